The number of hydrazone groups is 1. The Morgan fingerprint density at radius 3 is 2.52 bits per heavy atom. The number of nitrogens with zero attached hydrogens (tertiary/aromatic N) is 1. The first-order chi connectivity index (χ1) is 11.1. The second-order valence-corrected chi connectivity index (χ2v) is 4.79. The molecule has 0 atom stereocenters. The van der Waals surface area contributed by atoms with Gasteiger partial charge in [0.15, 0.2) is 0 Å². The zero-order chi connectivity index (χ0) is 16.7. The Kier molecular flexibility index (Phi) is 5.68. The molecule has 0 aromatic heterocycles. The number of amides is 1. The lowest BCUT2D eigenvalue weighted by atomic mass is 10.1. The van der Waals surface area contributed by atoms with Crippen LogP contribution in [0.4, 0.5) is 10.1 Å². The van der Waals surface area contributed by atoms with E-state index in [2.05, 4.69) is 15.8 Å². The average Bonchev–Trinajstić information content (AvgIpc) is 2.58. The Balaban J connectivity index is 1.87. The molecule has 0 heterocycles. The molecular formula is C17H18FN3O2. The number of halogens is 1. The molecule has 2 aromatic carbocycles. The normalized spacial score (nSPS) is 11.0. The number of methoxy groups -OCH3 is 1. The number of anilines is 1. The fraction of sp³-hybridized carbons (Fsp3) is 0.176. The summed E-state index contributed by atoms with van der Waals surface area (Å²) in [5.41, 5.74) is 3.94. The molecule has 23 heavy (non-hydrogen) atoms. The van der Waals surface area contributed by atoms with Crippen LogP contribution >= 0.6 is 0 Å². The maximum atomic E-state index is 13.6. The van der Waals surface area contributed by atoms with Crippen LogP contribution in [0.1, 0.15) is 12.5 Å². The molecule has 6 heteroatoms. The van der Waals surface area contributed by atoms with Crippen LogP contribution in [0.5, 0.6) is 5.75 Å². The number of nitrogens with one attached hydrogen (secondary N) is 2. The molecule has 0 radical (unpaired) electrons. The van der Waals surface area contributed by atoms with Gasteiger partial charge in [-0.2, -0.15) is 5.10 Å². The topological polar surface area (TPSA) is 62.7 Å². The van der Waals surface area contributed by atoms with Crippen LogP contribution in [0.2, 0.25) is 0 Å². The molecule has 0 aliphatic carbocycles. The van der Waals surface area contributed by atoms with Gasteiger partial charge >= 0.3 is 0 Å². The van der Waals surface area contributed by atoms with Gasteiger partial charge in [0, 0.05) is 11.3 Å². The van der Waals surface area contributed by atoms with E-state index in [1.807, 2.05) is 0 Å². The number of rotatable bonds is 6. The second-order valence-electron chi connectivity index (χ2n) is 4.79. The molecule has 5 nitrogen and oxygen atoms in total. The summed E-state index contributed by atoms with van der Waals surface area (Å²) in [5.74, 6) is 0.0426. The van der Waals surface area contributed by atoms with Gasteiger partial charge in [0.25, 0.3) is 5.91 Å². The minimum absolute atomic E-state index is 0.0559. The zero-order valence-corrected chi connectivity index (χ0v) is 13.0. The van der Waals surface area contributed by atoms with Crippen LogP contribution in [-0.2, 0) is 4.79 Å². The van der Waals surface area contributed by atoms with Gasteiger partial charge < -0.3 is 10.1 Å². The maximum Gasteiger partial charge on any atom is 0.259 e. The van der Waals surface area contributed by atoms with Gasteiger partial charge in [0.1, 0.15) is 11.6 Å². The highest BCUT2D eigenvalue weighted by molar-refractivity contribution is 5.99. The van der Waals surface area contributed by atoms with Gasteiger partial charge in [-0.25, -0.2) is 9.82 Å². The number of benzene rings is 2. The molecule has 2 rings (SSSR count). The molecule has 0 saturated heterocycles. The Morgan fingerprint density at radius 1 is 1.17 bits per heavy atom. The predicted octanol–water partition coefficient (Wildman–Crippen LogP) is 2.79. The van der Waals surface area contributed by atoms with E-state index in [9.17, 15) is 9.18 Å². The van der Waals surface area contributed by atoms with Crippen LogP contribution < -0.4 is 15.5 Å². The summed E-state index contributed by atoms with van der Waals surface area (Å²) in [6.45, 7) is 1.69. The molecule has 0 bridgehead atoms. The van der Waals surface area contributed by atoms with Crippen molar-refractivity contribution >= 4 is 17.3 Å². The van der Waals surface area contributed by atoms with Crippen molar-refractivity contribution in [1.29, 1.82) is 0 Å². The van der Waals surface area contributed by atoms with Crippen molar-refractivity contribution in [3.05, 3.63) is 59.9 Å². The lowest BCUT2D eigenvalue weighted by Gasteiger charge is -2.07. The van der Waals surface area contributed by atoms with Crippen molar-refractivity contribution in [3.8, 4) is 5.75 Å². The third-order valence-corrected chi connectivity index (χ3v) is 3.16. The molecular weight excluding hydrogens is 297 g/mol. The summed E-state index contributed by atoms with van der Waals surface area (Å²) < 4.78 is 18.6. The molecule has 120 valence electrons. The third kappa shape index (κ3) is 4.81. The lowest BCUT2D eigenvalue weighted by molar-refractivity contribution is -0.119. The van der Waals surface area contributed by atoms with Gasteiger partial charge in [-0.1, -0.05) is 18.2 Å². The number of hydrogen-bond donors (Lipinski definition) is 2. The highest BCUT2D eigenvalue weighted by atomic mass is 19.1. The SMILES string of the molecule is COc1ccc(NCC(=O)N/N=C(\C)c2ccccc2F)cc1. The number of carbonyl (C=O) groups excluding carboxylic acids is 1. The highest BCUT2D eigenvalue weighted by Crippen LogP contribution is 2.14. The summed E-state index contributed by atoms with van der Waals surface area (Å²) in [7, 11) is 1.59. The van der Waals surface area contributed by atoms with Crippen molar-refractivity contribution in [3.63, 3.8) is 0 Å². The van der Waals surface area contributed by atoms with E-state index in [1.165, 1.54) is 6.07 Å². The van der Waals surface area contributed by atoms with Crippen LogP contribution in [0.15, 0.2) is 53.6 Å². The number of carbonyl (C=O) groups is 1. The van der Waals surface area contributed by atoms with Crippen LogP contribution in [0.25, 0.3) is 0 Å². The van der Waals surface area contributed by atoms with E-state index in [4.69, 9.17) is 4.74 Å². The molecule has 0 spiro atoms. The quantitative estimate of drug-likeness (QED) is 0.636. The molecule has 0 aliphatic rings. The van der Waals surface area contributed by atoms with Gasteiger partial charge in [0.05, 0.1) is 19.4 Å². The predicted molar refractivity (Wildman–Crippen MR) is 88.2 cm³/mol. The van der Waals surface area contributed by atoms with Crippen molar-refractivity contribution < 1.29 is 13.9 Å². The first-order valence-corrected chi connectivity index (χ1v) is 7.06. The van der Waals surface area contributed by atoms with E-state index in [0.717, 1.165) is 11.4 Å². The fourth-order valence-electron chi connectivity index (χ4n) is 1.89. The summed E-state index contributed by atoms with van der Waals surface area (Å²) in [5, 5.41) is 6.87. The van der Waals surface area contributed by atoms with Gasteiger partial charge in [0.2, 0.25) is 0 Å². The van der Waals surface area contributed by atoms with E-state index < -0.39 is 0 Å². The average molecular weight is 315 g/mol. The summed E-state index contributed by atoms with van der Waals surface area (Å²) in [4.78, 5) is 11.8. The number of ether oxygens (including phenoxy) is 1. The van der Waals surface area contributed by atoms with Gasteiger partial charge in [-0.05, 0) is 37.3 Å². The summed E-state index contributed by atoms with van der Waals surface area (Å²) >= 11 is 0. The lowest BCUT2D eigenvalue weighted by Crippen LogP contribution is -2.26. The monoisotopic (exact) mass is 315 g/mol. The highest BCUT2D eigenvalue weighted by Gasteiger charge is 2.05. The zero-order valence-electron chi connectivity index (χ0n) is 13.0. The van der Waals surface area contributed by atoms with E-state index in [0.29, 0.717) is 11.3 Å². The Hall–Kier alpha value is -2.89. The van der Waals surface area contributed by atoms with Crippen molar-refractivity contribution in [2.75, 3.05) is 19.0 Å². The minimum atomic E-state index is -0.376. The molecule has 0 fully saturated rings. The molecule has 0 unspecified atom stereocenters. The standard InChI is InChI=1S/C17H18FN3O2/c1-12(15-5-3-4-6-16(15)18)20-21-17(22)11-19-13-7-9-14(23-2)10-8-13/h3-10,19H,11H2,1-2H3,(H,21,22)/b20-12+. The molecule has 0 saturated carbocycles. The van der Waals surface area contributed by atoms with Crippen molar-refractivity contribution in [1.82, 2.24) is 5.43 Å². The first-order valence-electron chi connectivity index (χ1n) is 7.06. The van der Waals surface area contributed by atoms with E-state index >= 15 is 0 Å². The Labute approximate surface area is 134 Å². The minimum Gasteiger partial charge on any atom is -0.497 e. The Bertz CT molecular complexity index is 699. The summed E-state index contributed by atoms with van der Waals surface area (Å²) in [6.07, 6.45) is 0. The summed E-state index contributed by atoms with van der Waals surface area (Å²) in [6, 6.07) is 13.5. The van der Waals surface area contributed by atoms with Crippen LogP contribution in [-0.4, -0.2) is 25.3 Å². The van der Waals surface area contributed by atoms with Crippen LogP contribution in [0, 0.1) is 5.82 Å². The van der Waals surface area contributed by atoms with E-state index in [1.54, 1.807) is 56.5 Å². The number of hydrogen-bond acceptors (Lipinski definition) is 4. The molecule has 2 aromatic rings. The second kappa shape index (κ2) is 7.93. The third-order valence-electron chi connectivity index (χ3n) is 3.16. The van der Waals surface area contributed by atoms with Gasteiger partial charge in [-0.15, -0.1) is 0 Å². The van der Waals surface area contributed by atoms with E-state index in [-0.39, 0.29) is 18.3 Å². The van der Waals surface area contributed by atoms with Crippen LogP contribution in [0.3, 0.4) is 0 Å². The van der Waals surface area contributed by atoms with Crippen molar-refractivity contribution in [2.24, 2.45) is 5.10 Å². The Morgan fingerprint density at radius 2 is 1.87 bits per heavy atom. The van der Waals surface area contributed by atoms with Crippen molar-refractivity contribution in [2.45, 2.75) is 6.92 Å². The fourth-order valence-corrected chi connectivity index (χ4v) is 1.89. The maximum absolute atomic E-state index is 13.6. The largest absolute Gasteiger partial charge is 0.497 e. The molecule has 2 N–H and O–H groups in total. The molecule has 0 aliphatic heterocycles. The smallest absolute Gasteiger partial charge is 0.259 e. The van der Waals surface area contributed by atoms with Gasteiger partial charge in [-0.3, -0.25) is 4.79 Å². The molecule has 1 amide bonds. The first kappa shape index (κ1) is 16.5.